The van der Waals surface area contributed by atoms with Crippen LogP contribution in [0.25, 0.3) is 0 Å². The van der Waals surface area contributed by atoms with Crippen LogP contribution in [-0.2, 0) is 6.42 Å². The van der Waals surface area contributed by atoms with Gasteiger partial charge in [0.2, 0.25) is 0 Å². The molecule has 0 amide bonds. The lowest BCUT2D eigenvalue weighted by molar-refractivity contribution is 0.148. The molecule has 2 unspecified atom stereocenters. The monoisotopic (exact) mass is 278 g/mol. The molecule has 1 saturated heterocycles. The molecule has 1 aromatic carbocycles. The van der Waals surface area contributed by atoms with Crippen molar-refractivity contribution >= 4 is 0 Å². The average molecular weight is 278 g/mol. The molecule has 2 rings (SSSR count). The van der Waals surface area contributed by atoms with Crippen molar-refractivity contribution in [1.29, 1.82) is 0 Å². The van der Waals surface area contributed by atoms with Crippen molar-refractivity contribution in [2.45, 2.75) is 58.2 Å². The number of hydrogen-bond donors (Lipinski definition) is 1. The Hall–Kier alpha value is -0.930. The van der Waals surface area contributed by atoms with Gasteiger partial charge >= 0.3 is 0 Å². The van der Waals surface area contributed by atoms with Crippen molar-refractivity contribution in [2.24, 2.45) is 0 Å². The average Bonchev–Trinajstić information content (AvgIpc) is 2.91. The van der Waals surface area contributed by atoms with E-state index in [-0.39, 0.29) is 5.82 Å². The molecule has 112 valence electrons. The molecule has 0 aliphatic carbocycles. The lowest BCUT2D eigenvalue weighted by atomic mass is 10.0. The Balaban J connectivity index is 1.95. The highest BCUT2D eigenvalue weighted by Gasteiger charge is 2.23. The molecule has 0 saturated carbocycles. The molecule has 1 heterocycles. The van der Waals surface area contributed by atoms with E-state index < -0.39 is 0 Å². The molecule has 2 atom stereocenters. The Kier molecular flexibility index (Phi) is 5.55. The lowest BCUT2D eigenvalue weighted by Gasteiger charge is -2.35. The Morgan fingerprint density at radius 2 is 1.95 bits per heavy atom. The van der Waals surface area contributed by atoms with Gasteiger partial charge in [-0.3, -0.25) is 4.90 Å². The predicted molar refractivity (Wildman–Crippen MR) is 82.4 cm³/mol. The lowest BCUT2D eigenvalue weighted by Crippen LogP contribution is -2.46. The first-order valence-electron chi connectivity index (χ1n) is 7.80. The van der Waals surface area contributed by atoms with Gasteiger partial charge in [0.25, 0.3) is 0 Å². The van der Waals surface area contributed by atoms with Crippen LogP contribution in [0.2, 0.25) is 0 Å². The Morgan fingerprint density at radius 3 is 2.50 bits per heavy atom. The zero-order valence-electron chi connectivity index (χ0n) is 12.9. The van der Waals surface area contributed by atoms with Gasteiger partial charge in [-0.2, -0.15) is 0 Å². The van der Waals surface area contributed by atoms with E-state index >= 15 is 0 Å². The minimum atomic E-state index is -0.155. The van der Waals surface area contributed by atoms with Gasteiger partial charge in [0.15, 0.2) is 0 Å². The molecule has 3 heteroatoms. The van der Waals surface area contributed by atoms with Gasteiger partial charge in [-0.25, -0.2) is 4.39 Å². The zero-order valence-corrected chi connectivity index (χ0v) is 12.9. The van der Waals surface area contributed by atoms with E-state index in [0.717, 1.165) is 19.5 Å². The first-order valence-corrected chi connectivity index (χ1v) is 7.80. The summed E-state index contributed by atoms with van der Waals surface area (Å²) < 4.78 is 13.0. The predicted octanol–water partition coefficient (Wildman–Crippen LogP) is 3.22. The number of nitrogens with one attached hydrogen (secondary N) is 1. The quantitative estimate of drug-likeness (QED) is 0.859. The van der Waals surface area contributed by atoms with Crippen molar-refractivity contribution in [3.63, 3.8) is 0 Å². The van der Waals surface area contributed by atoms with Gasteiger partial charge in [-0.15, -0.1) is 0 Å². The fraction of sp³-hybridized carbons (Fsp3) is 0.647. The van der Waals surface area contributed by atoms with Crippen LogP contribution in [0.1, 0.15) is 39.2 Å². The normalized spacial score (nSPS) is 20.8. The third-order valence-corrected chi connectivity index (χ3v) is 4.27. The second-order valence-electron chi connectivity index (χ2n) is 6.26. The maximum absolute atomic E-state index is 13.0. The Morgan fingerprint density at radius 1 is 1.25 bits per heavy atom. The maximum Gasteiger partial charge on any atom is 0.123 e. The molecule has 1 N–H and O–H groups in total. The SMILES string of the molecule is CC(C)N(CC1CCCN1)C(C)Cc1ccc(F)cc1. The largest absolute Gasteiger partial charge is 0.313 e. The van der Waals surface area contributed by atoms with Gasteiger partial charge in [-0.05, 0) is 64.3 Å². The number of hydrogen-bond acceptors (Lipinski definition) is 2. The standard InChI is InChI=1S/C17H27FN2/c1-13(2)20(12-17-5-4-10-19-17)14(3)11-15-6-8-16(18)9-7-15/h6-9,13-14,17,19H,4-5,10-12H2,1-3H3. The summed E-state index contributed by atoms with van der Waals surface area (Å²) in [6, 6.07) is 8.56. The van der Waals surface area contributed by atoms with Gasteiger partial charge in [0, 0.05) is 24.7 Å². The van der Waals surface area contributed by atoms with Gasteiger partial charge in [-0.1, -0.05) is 12.1 Å². The van der Waals surface area contributed by atoms with E-state index in [0.29, 0.717) is 18.1 Å². The highest BCUT2D eigenvalue weighted by Crippen LogP contribution is 2.16. The van der Waals surface area contributed by atoms with Crippen LogP contribution in [0.4, 0.5) is 4.39 Å². The summed E-state index contributed by atoms with van der Waals surface area (Å²) in [5.74, 6) is -0.155. The minimum Gasteiger partial charge on any atom is -0.313 e. The summed E-state index contributed by atoms with van der Waals surface area (Å²) in [4.78, 5) is 2.56. The van der Waals surface area contributed by atoms with Crippen LogP contribution in [0.5, 0.6) is 0 Å². The van der Waals surface area contributed by atoms with E-state index in [9.17, 15) is 4.39 Å². The zero-order chi connectivity index (χ0) is 14.5. The second-order valence-corrected chi connectivity index (χ2v) is 6.26. The third kappa shape index (κ3) is 4.29. The molecular formula is C17H27FN2. The number of nitrogens with zero attached hydrogens (tertiary/aromatic N) is 1. The number of benzene rings is 1. The fourth-order valence-electron chi connectivity index (χ4n) is 3.15. The Labute approximate surface area is 122 Å². The van der Waals surface area contributed by atoms with Crippen LogP contribution < -0.4 is 5.32 Å². The Bertz CT molecular complexity index is 396. The van der Waals surface area contributed by atoms with E-state index in [2.05, 4.69) is 31.0 Å². The van der Waals surface area contributed by atoms with E-state index in [4.69, 9.17) is 0 Å². The molecule has 0 bridgehead atoms. The van der Waals surface area contributed by atoms with Crippen molar-refractivity contribution in [2.75, 3.05) is 13.1 Å². The summed E-state index contributed by atoms with van der Waals surface area (Å²) in [5.41, 5.74) is 1.21. The van der Waals surface area contributed by atoms with E-state index in [1.165, 1.54) is 18.4 Å². The molecule has 0 radical (unpaired) electrons. The third-order valence-electron chi connectivity index (χ3n) is 4.27. The van der Waals surface area contributed by atoms with E-state index in [1.54, 1.807) is 12.1 Å². The first kappa shape index (κ1) is 15.5. The molecule has 0 spiro atoms. The smallest absolute Gasteiger partial charge is 0.123 e. The summed E-state index contributed by atoms with van der Waals surface area (Å²) in [7, 11) is 0. The second kappa shape index (κ2) is 7.19. The fourth-order valence-corrected chi connectivity index (χ4v) is 3.15. The van der Waals surface area contributed by atoms with Crippen LogP contribution in [0.15, 0.2) is 24.3 Å². The molecular weight excluding hydrogens is 251 g/mol. The van der Waals surface area contributed by atoms with Crippen LogP contribution >= 0.6 is 0 Å². The summed E-state index contributed by atoms with van der Waals surface area (Å²) in [5, 5.41) is 3.58. The molecule has 1 aliphatic heterocycles. The van der Waals surface area contributed by atoms with Crippen molar-refractivity contribution < 1.29 is 4.39 Å². The molecule has 2 nitrogen and oxygen atoms in total. The molecule has 1 fully saturated rings. The summed E-state index contributed by atoms with van der Waals surface area (Å²) in [6.45, 7) is 9.06. The molecule has 20 heavy (non-hydrogen) atoms. The van der Waals surface area contributed by atoms with Crippen LogP contribution in [0, 0.1) is 5.82 Å². The highest BCUT2D eigenvalue weighted by molar-refractivity contribution is 5.17. The number of rotatable bonds is 6. The van der Waals surface area contributed by atoms with Crippen LogP contribution in [-0.4, -0.2) is 36.1 Å². The molecule has 1 aliphatic rings. The van der Waals surface area contributed by atoms with E-state index in [1.807, 2.05) is 12.1 Å². The van der Waals surface area contributed by atoms with Gasteiger partial charge in [0.05, 0.1) is 0 Å². The minimum absolute atomic E-state index is 0.155. The maximum atomic E-state index is 13.0. The van der Waals surface area contributed by atoms with Crippen molar-refractivity contribution in [3.05, 3.63) is 35.6 Å². The van der Waals surface area contributed by atoms with Crippen molar-refractivity contribution in [3.8, 4) is 0 Å². The molecule has 0 aromatic heterocycles. The highest BCUT2D eigenvalue weighted by atomic mass is 19.1. The number of halogens is 1. The van der Waals surface area contributed by atoms with Gasteiger partial charge in [0.1, 0.15) is 5.82 Å². The first-order chi connectivity index (χ1) is 9.56. The topological polar surface area (TPSA) is 15.3 Å². The van der Waals surface area contributed by atoms with Gasteiger partial charge < -0.3 is 5.32 Å². The van der Waals surface area contributed by atoms with Crippen molar-refractivity contribution in [1.82, 2.24) is 10.2 Å². The summed E-state index contributed by atoms with van der Waals surface area (Å²) in [6.07, 6.45) is 3.56. The molecule has 1 aromatic rings. The van der Waals surface area contributed by atoms with Crippen LogP contribution in [0.3, 0.4) is 0 Å². The summed E-state index contributed by atoms with van der Waals surface area (Å²) >= 11 is 0.